The van der Waals surface area contributed by atoms with E-state index in [1.807, 2.05) is 0 Å². The van der Waals surface area contributed by atoms with Gasteiger partial charge in [0.25, 0.3) is 5.56 Å². The lowest BCUT2D eigenvalue weighted by atomic mass is 10.3. The van der Waals surface area contributed by atoms with Gasteiger partial charge in [0.1, 0.15) is 23.5 Å². The molecule has 0 unspecified atom stereocenters. The number of aromatic nitrogens is 3. The molecule has 1 aromatic carbocycles. The number of halogens is 2. The van der Waals surface area contributed by atoms with Crippen LogP contribution < -0.4 is 10.3 Å². The Morgan fingerprint density at radius 3 is 2.72 bits per heavy atom. The lowest BCUT2D eigenvalue weighted by Gasteiger charge is -2.10. The van der Waals surface area contributed by atoms with Crippen molar-refractivity contribution in [3.05, 3.63) is 52.5 Å². The molecule has 130 valence electrons. The molecule has 2 heterocycles. The minimum Gasteiger partial charge on any atom is -0.448 e. The number of ether oxygens (including phenoxy) is 1. The Bertz CT molecular complexity index is 996. The smallest absolute Gasteiger partial charge is 0.294 e. The largest absolute Gasteiger partial charge is 0.448 e. The number of benzene rings is 1. The molecular formula is C15H11F2N3O4S. The molecule has 25 heavy (non-hydrogen) atoms. The van der Waals surface area contributed by atoms with Crippen molar-refractivity contribution >= 4 is 23.1 Å². The third-order valence-corrected chi connectivity index (χ3v) is 3.73. The van der Waals surface area contributed by atoms with Crippen molar-refractivity contribution in [2.45, 2.75) is 5.16 Å². The first-order chi connectivity index (χ1) is 12.0. The van der Waals surface area contributed by atoms with E-state index < -0.39 is 17.2 Å². The molecule has 0 aliphatic rings. The van der Waals surface area contributed by atoms with Crippen molar-refractivity contribution in [3.8, 4) is 11.5 Å². The highest BCUT2D eigenvalue weighted by Crippen LogP contribution is 2.25. The maximum Gasteiger partial charge on any atom is 0.294 e. The lowest BCUT2D eigenvalue weighted by Crippen LogP contribution is -2.19. The van der Waals surface area contributed by atoms with Gasteiger partial charge in [0.05, 0.1) is 7.11 Å². The van der Waals surface area contributed by atoms with Crippen molar-refractivity contribution in [1.82, 2.24) is 14.5 Å². The van der Waals surface area contributed by atoms with Crippen molar-refractivity contribution in [2.24, 2.45) is 7.05 Å². The summed E-state index contributed by atoms with van der Waals surface area (Å²) in [5.74, 6) is -2.06. The average Bonchev–Trinajstić information content (AvgIpc) is 2.60. The highest BCUT2D eigenvalue weighted by Gasteiger charge is 2.14. The topological polar surface area (TPSA) is 75.5 Å². The second kappa shape index (κ2) is 7.13. The second-order valence-electron chi connectivity index (χ2n) is 4.80. The summed E-state index contributed by atoms with van der Waals surface area (Å²) in [7, 11) is 2.82. The summed E-state index contributed by atoms with van der Waals surface area (Å²) in [6.07, 6.45) is 1.46. The average molecular weight is 367 g/mol. The molecule has 2 aromatic heterocycles. The summed E-state index contributed by atoms with van der Waals surface area (Å²) in [6, 6.07) is 4.19. The molecule has 0 aliphatic heterocycles. The number of fused-ring (bicyclic) bond motifs is 1. The molecular weight excluding hydrogens is 356 g/mol. The third-order valence-electron chi connectivity index (χ3n) is 3.18. The number of pyridine rings is 1. The summed E-state index contributed by atoms with van der Waals surface area (Å²) >= 11 is 0.784. The normalized spacial score (nSPS) is 11.0. The van der Waals surface area contributed by atoms with Crippen LogP contribution in [0.5, 0.6) is 11.5 Å². The zero-order valence-electron chi connectivity index (χ0n) is 13.0. The maximum atomic E-state index is 13.7. The predicted octanol–water partition coefficient (Wildman–Crippen LogP) is 2.98. The highest BCUT2D eigenvalue weighted by atomic mass is 32.2. The third kappa shape index (κ3) is 3.60. The minimum absolute atomic E-state index is 0.141. The molecule has 0 atom stereocenters. The zero-order valence-corrected chi connectivity index (χ0v) is 13.8. The van der Waals surface area contributed by atoms with Gasteiger partial charge in [-0.25, -0.2) is 23.6 Å². The second-order valence-corrected chi connectivity index (χ2v) is 5.47. The fourth-order valence-electron chi connectivity index (χ4n) is 2.06. The van der Waals surface area contributed by atoms with Crippen LogP contribution in [0.25, 0.3) is 11.0 Å². The predicted molar refractivity (Wildman–Crippen MR) is 85.2 cm³/mol. The molecule has 0 bridgehead atoms. The summed E-state index contributed by atoms with van der Waals surface area (Å²) in [5, 5.41) is 0.726. The van der Waals surface area contributed by atoms with E-state index in [2.05, 4.69) is 19.2 Å². The van der Waals surface area contributed by atoms with Gasteiger partial charge in [-0.15, -0.1) is 0 Å². The molecule has 3 rings (SSSR count). The number of hydrogen-bond donors (Lipinski definition) is 0. The molecule has 0 saturated carbocycles. The van der Waals surface area contributed by atoms with Gasteiger partial charge < -0.3 is 4.74 Å². The molecule has 3 aromatic rings. The Morgan fingerprint density at radius 2 is 2.00 bits per heavy atom. The fraction of sp³-hybridized carbons (Fsp3) is 0.133. The van der Waals surface area contributed by atoms with E-state index in [9.17, 15) is 13.6 Å². The zero-order chi connectivity index (χ0) is 18.0. The first-order valence-corrected chi connectivity index (χ1v) is 7.61. The van der Waals surface area contributed by atoms with E-state index >= 15 is 0 Å². The first-order valence-electron chi connectivity index (χ1n) is 6.86. The van der Waals surface area contributed by atoms with E-state index in [1.54, 1.807) is 0 Å². The lowest BCUT2D eigenvalue weighted by molar-refractivity contribution is -0.160. The Labute approximate surface area is 144 Å². The molecule has 0 fully saturated rings. The van der Waals surface area contributed by atoms with Gasteiger partial charge in [-0.3, -0.25) is 9.36 Å². The Hall–Kier alpha value is -2.56. The summed E-state index contributed by atoms with van der Waals surface area (Å²) in [4.78, 5) is 25.1. The van der Waals surface area contributed by atoms with Crippen LogP contribution in [0.2, 0.25) is 0 Å². The van der Waals surface area contributed by atoms with Crippen LogP contribution in [-0.2, 0) is 16.3 Å². The van der Waals surface area contributed by atoms with E-state index in [0.717, 1.165) is 24.2 Å². The molecule has 0 saturated heterocycles. The first kappa shape index (κ1) is 17.3. The number of aryl methyl sites for hydroxylation is 1. The standard InChI is InChI=1S/C15H11F2N3O4S/c1-20-13-8(7-18-15(19-13)25-24-22-2)5-12(14(20)21)23-11-4-3-9(16)6-10(11)17/h3-7H,1-2H3. The SMILES string of the molecule is COOSc1ncc2cc(Oc3ccc(F)cc3F)c(=O)n(C)c2n1. The van der Waals surface area contributed by atoms with E-state index in [-0.39, 0.29) is 16.7 Å². The van der Waals surface area contributed by atoms with Crippen LogP contribution in [-0.4, -0.2) is 21.6 Å². The van der Waals surface area contributed by atoms with Gasteiger partial charge in [-0.1, -0.05) is 0 Å². The molecule has 7 nitrogen and oxygen atoms in total. The van der Waals surface area contributed by atoms with Gasteiger partial charge >= 0.3 is 0 Å². The van der Waals surface area contributed by atoms with Crippen molar-refractivity contribution in [1.29, 1.82) is 0 Å². The van der Waals surface area contributed by atoms with E-state index in [4.69, 9.17) is 4.74 Å². The number of hydrogen-bond acceptors (Lipinski definition) is 7. The van der Waals surface area contributed by atoms with E-state index in [0.29, 0.717) is 17.1 Å². The maximum absolute atomic E-state index is 13.7. The van der Waals surface area contributed by atoms with Gasteiger partial charge in [-0.05, 0) is 18.2 Å². The Morgan fingerprint density at radius 1 is 1.20 bits per heavy atom. The van der Waals surface area contributed by atoms with Crippen molar-refractivity contribution < 1.29 is 22.7 Å². The van der Waals surface area contributed by atoms with Crippen LogP contribution in [0.15, 0.2) is 40.4 Å². The van der Waals surface area contributed by atoms with Gasteiger partial charge in [-0.2, -0.15) is 4.33 Å². The summed E-state index contributed by atoms with van der Waals surface area (Å²) in [6.45, 7) is 0. The van der Waals surface area contributed by atoms with Crippen molar-refractivity contribution in [2.75, 3.05) is 7.11 Å². The summed E-state index contributed by atoms with van der Waals surface area (Å²) < 4.78 is 37.9. The molecule has 10 heteroatoms. The van der Waals surface area contributed by atoms with Crippen LogP contribution in [0, 0.1) is 11.6 Å². The van der Waals surface area contributed by atoms with Crippen molar-refractivity contribution in [3.63, 3.8) is 0 Å². The molecule has 0 amide bonds. The highest BCUT2D eigenvalue weighted by molar-refractivity contribution is 7.94. The monoisotopic (exact) mass is 367 g/mol. The molecule has 0 radical (unpaired) electrons. The van der Waals surface area contributed by atoms with Gasteiger partial charge in [0, 0.05) is 24.7 Å². The Kier molecular flexibility index (Phi) is 4.93. The van der Waals surface area contributed by atoms with Crippen LogP contribution in [0.1, 0.15) is 0 Å². The quantitative estimate of drug-likeness (QED) is 0.297. The molecule has 0 aliphatic carbocycles. The fourth-order valence-corrected chi connectivity index (χ4v) is 2.40. The molecule has 0 spiro atoms. The van der Waals surface area contributed by atoms with Gasteiger partial charge in [0.15, 0.2) is 17.3 Å². The van der Waals surface area contributed by atoms with Crippen LogP contribution in [0.4, 0.5) is 8.78 Å². The molecule has 0 N–H and O–H groups in total. The summed E-state index contributed by atoms with van der Waals surface area (Å²) in [5.41, 5.74) is -0.215. The van der Waals surface area contributed by atoms with Gasteiger partial charge in [0.2, 0.25) is 5.16 Å². The Balaban J connectivity index is 2.02. The van der Waals surface area contributed by atoms with E-state index in [1.165, 1.54) is 31.0 Å². The minimum atomic E-state index is -0.915. The van der Waals surface area contributed by atoms with Crippen LogP contribution in [0.3, 0.4) is 0 Å². The number of rotatable bonds is 5. The van der Waals surface area contributed by atoms with Crippen LogP contribution >= 0.6 is 12.0 Å². The number of nitrogens with zero attached hydrogens (tertiary/aromatic N) is 3.